The first-order valence-electron chi connectivity index (χ1n) is 4.72. The molecule has 1 saturated heterocycles. The zero-order valence-corrected chi connectivity index (χ0v) is 10.4. The molecule has 1 aliphatic rings. The minimum absolute atomic E-state index is 0.0236. The summed E-state index contributed by atoms with van der Waals surface area (Å²) in [4.78, 5) is 28.5. The number of aromatic nitrogens is 1. The summed E-state index contributed by atoms with van der Waals surface area (Å²) >= 11 is 2.91. The van der Waals surface area contributed by atoms with Crippen molar-refractivity contribution >= 4 is 40.0 Å². The highest BCUT2D eigenvalue weighted by atomic mass is 32.2. The van der Waals surface area contributed by atoms with Crippen LogP contribution in [-0.2, 0) is 9.59 Å². The van der Waals surface area contributed by atoms with Gasteiger partial charge in [-0.2, -0.15) is 0 Å². The standard InChI is InChI=1S/C9H11N3O2S2/c1-6-3-16-9(10-6)11-7(13)2-12-5-15-4-8(12)14/h3H,2,4-5H2,1H3,(H,10,11,13). The topological polar surface area (TPSA) is 62.3 Å². The minimum atomic E-state index is -0.190. The monoisotopic (exact) mass is 257 g/mol. The van der Waals surface area contributed by atoms with E-state index < -0.39 is 0 Å². The van der Waals surface area contributed by atoms with E-state index in [1.54, 1.807) is 4.90 Å². The summed E-state index contributed by atoms with van der Waals surface area (Å²) in [5, 5.41) is 5.13. The third-order valence-electron chi connectivity index (χ3n) is 2.03. The van der Waals surface area contributed by atoms with Gasteiger partial charge in [0, 0.05) is 5.38 Å². The summed E-state index contributed by atoms with van der Waals surface area (Å²) in [6.45, 7) is 1.98. The molecule has 16 heavy (non-hydrogen) atoms. The van der Waals surface area contributed by atoms with Crippen molar-refractivity contribution in [1.82, 2.24) is 9.88 Å². The first-order valence-corrected chi connectivity index (χ1v) is 6.76. The summed E-state index contributed by atoms with van der Waals surface area (Å²) < 4.78 is 0. The molecule has 7 heteroatoms. The predicted octanol–water partition coefficient (Wildman–Crippen LogP) is 0.923. The molecule has 1 aromatic heterocycles. The Morgan fingerprint density at radius 1 is 1.69 bits per heavy atom. The lowest BCUT2D eigenvalue weighted by atomic mass is 10.5. The van der Waals surface area contributed by atoms with E-state index in [1.165, 1.54) is 23.1 Å². The Hall–Kier alpha value is -1.08. The first kappa shape index (κ1) is 11.4. The van der Waals surface area contributed by atoms with Crippen molar-refractivity contribution in [3.63, 3.8) is 0 Å². The number of carbonyl (C=O) groups is 2. The van der Waals surface area contributed by atoms with E-state index in [2.05, 4.69) is 10.3 Å². The zero-order chi connectivity index (χ0) is 11.5. The molecule has 0 radical (unpaired) electrons. The summed E-state index contributed by atoms with van der Waals surface area (Å²) in [5.74, 6) is 0.910. The quantitative estimate of drug-likeness (QED) is 0.874. The van der Waals surface area contributed by atoms with Crippen molar-refractivity contribution in [2.75, 3.05) is 23.5 Å². The molecule has 0 bridgehead atoms. The Morgan fingerprint density at radius 2 is 2.50 bits per heavy atom. The lowest BCUT2D eigenvalue weighted by Gasteiger charge is -2.12. The van der Waals surface area contributed by atoms with Gasteiger partial charge < -0.3 is 10.2 Å². The van der Waals surface area contributed by atoms with Gasteiger partial charge in [0.2, 0.25) is 11.8 Å². The average molecular weight is 257 g/mol. The van der Waals surface area contributed by atoms with E-state index in [0.29, 0.717) is 16.8 Å². The van der Waals surface area contributed by atoms with Gasteiger partial charge in [-0.05, 0) is 6.92 Å². The number of hydrogen-bond acceptors (Lipinski definition) is 5. The minimum Gasteiger partial charge on any atom is -0.323 e. The van der Waals surface area contributed by atoms with Crippen LogP contribution in [0.4, 0.5) is 5.13 Å². The number of aryl methyl sites for hydroxylation is 1. The molecule has 2 rings (SSSR count). The molecule has 1 fully saturated rings. The van der Waals surface area contributed by atoms with Gasteiger partial charge in [0.05, 0.1) is 17.3 Å². The van der Waals surface area contributed by atoms with Crippen LogP contribution in [0, 0.1) is 6.92 Å². The van der Waals surface area contributed by atoms with Crippen molar-refractivity contribution in [3.05, 3.63) is 11.1 Å². The molecule has 86 valence electrons. The average Bonchev–Trinajstić information content (AvgIpc) is 2.77. The van der Waals surface area contributed by atoms with Crippen LogP contribution >= 0.6 is 23.1 Å². The molecule has 1 aromatic rings. The van der Waals surface area contributed by atoms with Gasteiger partial charge in [-0.1, -0.05) is 0 Å². The highest BCUT2D eigenvalue weighted by Crippen LogP contribution is 2.16. The van der Waals surface area contributed by atoms with Crippen LogP contribution < -0.4 is 5.32 Å². The van der Waals surface area contributed by atoms with Crippen LogP contribution in [0.15, 0.2) is 5.38 Å². The summed E-state index contributed by atoms with van der Waals surface area (Å²) in [5.41, 5.74) is 0.883. The van der Waals surface area contributed by atoms with Crippen molar-refractivity contribution in [3.8, 4) is 0 Å². The summed E-state index contributed by atoms with van der Waals surface area (Å²) in [6.07, 6.45) is 0. The summed E-state index contributed by atoms with van der Waals surface area (Å²) in [6, 6.07) is 0. The van der Waals surface area contributed by atoms with E-state index in [0.717, 1.165) is 5.69 Å². The Balaban J connectivity index is 1.86. The SMILES string of the molecule is Cc1csc(NC(=O)CN2CSCC2=O)n1. The molecule has 0 spiro atoms. The van der Waals surface area contributed by atoms with Crippen molar-refractivity contribution < 1.29 is 9.59 Å². The van der Waals surface area contributed by atoms with Gasteiger partial charge in [-0.25, -0.2) is 4.98 Å². The molecule has 0 unspecified atom stereocenters. The van der Waals surface area contributed by atoms with Crippen LogP contribution in [0.2, 0.25) is 0 Å². The molecule has 2 amide bonds. The normalized spacial score (nSPS) is 15.6. The van der Waals surface area contributed by atoms with Crippen LogP contribution in [0.1, 0.15) is 5.69 Å². The molecule has 5 nitrogen and oxygen atoms in total. The Kier molecular flexibility index (Phi) is 3.45. The fourth-order valence-corrected chi connectivity index (χ4v) is 2.89. The maximum absolute atomic E-state index is 11.6. The van der Waals surface area contributed by atoms with Gasteiger partial charge in [-0.3, -0.25) is 9.59 Å². The van der Waals surface area contributed by atoms with E-state index in [4.69, 9.17) is 0 Å². The number of thiazole rings is 1. The van der Waals surface area contributed by atoms with E-state index >= 15 is 0 Å². The Labute approximate surface area is 101 Å². The lowest BCUT2D eigenvalue weighted by Crippen LogP contribution is -2.34. The second-order valence-electron chi connectivity index (χ2n) is 3.41. The molecule has 0 aromatic carbocycles. The number of nitrogens with one attached hydrogen (secondary N) is 1. The number of rotatable bonds is 3. The smallest absolute Gasteiger partial charge is 0.245 e. The lowest BCUT2D eigenvalue weighted by molar-refractivity contribution is -0.130. The van der Waals surface area contributed by atoms with Crippen LogP contribution in [0.25, 0.3) is 0 Å². The molecular formula is C9H11N3O2S2. The number of hydrogen-bond donors (Lipinski definition) is 1. The van der Waals surface area contributed by atoms with E-state index in [-0.39, 0.29) is 18.4 Å². The van der Waals surface area contributed by atoms with Gasteiger partial charge in [0.1, 0.15) is 6.54 Å². The summed E-state index contributed by atoms with van der Waals surface area (Å²) in [7, 11) is 0. The fourth-order valence-electron chi connectivity index (χ4n) is 1.28. The molecule has 2 heterocycles. The number of carbonyl (C=O) groups excluding carboxylic acids is 2. The highest BCUT2D eigenvalue weighted by Gasteiger charge is 2.23. The number of amides is 2. The Morgan fingerprint density at radius 3 is 3.06 bits per heavy atom. The first-order chi connectivity index (χ1) is 7.65. The number of thioether (sulfide) groups is 1. The molecule has 1 aliphatic heterocycles. The number of anilines is 1. The predicted molar refractivity (Wildman–Crippen MR) is 64.5 cm³/mol. The van der Waals surface area contributed by atoms with Crippen LogP contribution in [0.3, 0.4) is 0 Å². The zero-order valence-electron chi connectivity index (χ0n) is 8.73. The maximum Gasteiger partial charge on any atom is 0.245 e. The van der Waals surface area contributed by atoms with Crippen LogP contribution in [-0.4, -0.2) is 39.9 Å². The Bertz CT molecular complexity index is 419. The van der Waals surface area contributed by atoms with Crippen LogP contribution in [0.5, 0.6) is 0 Å². The highest BCUT2D eigenvalue weighted by molar-refractivity contribution is 8.00. The second kappa shape index (κ2) is 4.84. The van der Waals surface area contributed by atoms with Gasteiger partial charge >= 0.3 is 0 Å². The van der Waals surface area contributed by atoms with E-state index in [1.807, 2.05) is 12.3 Å². The fraction of sp³-hybridized carbons (Fsp3) is 0.444. The molecular weight excluding hydrogens is 246 g/mol. The molecule has 0 saturated carbocycles. The molecule has 0 atom stereocenters. The van der Waals surface area contributed by atoms with Gasteiger partial charge in [-0.15, -0.1) is 23.1 Å². The van der Waals surface area contributed by atoms with Crippen molar-refractivity contribution in [1.29, 1.82) is 0 Å². The van der Waals surface area contributed by atoms with Gasteiger partial charge in [0.25, 0.3) is 0 Å². The third-order valence-corrected chi connectivity index (χ3v) is 3.85. The maximum atomic E-state index is 11.6. The third kappa shape index (κ3) is 2.73. The number of nitrogens with zero attached hydrogens (tertiary/aromatic N) is 2. The van der Waals surface area contributed by atoms with Crippen molar-refractivity contribution in [2.45, 2.75) is 6.92 Å². The largest absolute Gasteiger partial charge is 0.323 e. The van der Waals surface area contributed by atoms with Gasteiger partial charge in [0.15, 0.2) is 5.13 Å². The molecule has 1 N–H and O–H groups in total. The molecule has 0 aliphatic carbocycles. The second-order valence-corrected chi connectivity index (χ2v) is 5.22. The van der Waals surface area contributed by atoms with E-state index in [9.17, 15) is 9.59 Å². The van der Waals surface area contributed by atoms with Crippen molar-refractivity contribution in [2.24, 2.45) is 0 Å².